The summed E-state index contributed by atoms with van der Waals surface area (Å²) in [4.78, 5) is 13.2. The fourth-order valence-electron chi connectivity index (χ4n) is 3.48. The molecule has 0 spiro atoms. The topological polar surface area (TPSA) is 67.1 Å². The van der Waals surface area contributed by atoms with Crippen molar-refractivity contribution < 1.29 is 23.4 Å². The molecule has 36 heavy (non-hydrogen) atoms. The third-order valence-electron chi connectivity index (χ3n) is 5.16. The first-order valence-corrected chi connectivity index (χ1v) is 11.8. The average molecular weight is 490 g/mol. The molecule has 1 heterocycles. The van der Waals surface area contributed by atoms with Gasteiger partial charge >= 0.3 is 0 Å². The van der Waals surface area contributed by atoms with Crippen molar-refractivity contribution in [1.29, 1.82) is 0 Å². The van der Waals surface area contributed by atoms with E-state index in [0.29, 0.717) is 51.9 Å². The molecule has 6 nitrogen and oxygen atoms in total. The molecular formula is C30H33O6-. The van der Waals surface area contributed by atoms with Crippen LogP contribution in [0.5, 0.6) is 23.0 Å². The molecule has 0 bridgehead atoms. The predicted molar refractivity (Wildman–Crippen MR) is 143 cm³/mol. The van der Waals surface area contributed by atoms with Gasteiger partial charge in [-0.1, -0.05) is 32.9 Å². The van der Waals surface area contributed by atoms with Crippen molar-refractivity contribution in [3.05, 3.63) is 83.1 Å². The molecule has 3 aromatic rings. The summed E-state index contributed by atoms with van der Waals surface area (Å²) in [7, 11) is 1.57. The van der Waals surface area contributed by atoms with Crippen LogP contribution < -0.4 is 24.4 Å². The molecule has 0 saturated carbocycles. The molecule has 1 aromatic heterocycles. The molecule has 0 saturated heterocycles. The van der Waals surface area contributed by atoms with Crippen molar-refractivity contribution in [1.82, 2.24) is 0 Å². The van der Waals surface area contributed by atoms with Crippen molar-refractivity contribution >= 4 is 11.0 Å². The van der Waals surface area contributed by atoms with Crippen LogP contribution in [0, 0.1) is 6.58 Å². The third-order valence-corrected chi connectivity index (χ3v) is 5.16. The minimum Gasteiger partial charge on any atom is -0.511 e. The highest BCUT2D eigenvalue weighted by Gasteiger charge is 2.16. The van der Waals surface area contributed by atoms with Crippen LogP contribution in [-0.4, -0.2) is 26.9 Å². The van der Waals surface area contributed by atoms with Gasteiger partial charge in [-0.3, -0.25) is 4.79 Å². The maximum atomic E-state index is 13.2. The number of hydrogen-bond acceptors (Lipinski definition) is 6. The summed E-state index contributed by atoms with van der Waals surface area (Å²) in [5.74, 6) is 2.30. The van der Waals surface area contributed by atoms with Crippen LogP contribution in [0.2, 0.25) is 0 Å². The number of methoxy groups -OCH3 is 1. The van der Waals surface area contributed by atoms with Gasteiger partial charge in [-0.2, -0.15) is 0 Å². The van der Waals surface area contributed by atoms with Crippen LogP contribution in [0.3, 0.4) is 0 Å². The lowest BCUT2D eigenvalue weighted by Gasteiger charge is -2.16. The number of fused-ring (bicyclic) bond motifs is 1. The smallest absolute Gasteiger partial charge is 0.197 e. The second-order valence-corrected chi connectivity index (χ2v) is 8.82. The number of hydrogen-bond donors (Lipinski definition) is 0. The summed E-state index contributed by atoms with van der Waals surface area (Å²) in [6.07, 6.45) is 1.69. The minimum absolute atomic E-state index is 0.244. The Morgan fingerprint density at radius 3 is 2.25 bits per heavy atom. The first-order valence-electron chi connectivity index (χ1n) is 11.8. The van der Waals surface area contributed by atoms with Gasteiger partial charge < -0.3 is 29.9 Å². The fraction of sp³-hybridized carbons (Fsp3) is 0.300. The van der Waals surface area contributed by atoms with E-state index in [4.69, 9.17) is 29.9 Å². The summed E-state index contributed by atoms with van der Waals surface area (Å²) in [5, 5.41) is 0.324. The van der Waals surface area contributed by atoms with Crippen molar-refractivity contribution in [2.75, 3.05) is 26.9 Å². The van der Waals surface area contributed by atoms with Crippen molar-refractivity contribution in [2.24, 2.45) is 0 Å². The van der Waals surface area contributed by atoms with Crippen LogP contribution in [0.25, 0.3) is 22.3 Å². The molecular weight excluding hydrogens is 456 g/mol. The zero-order valence-corrected chi connectivity index (χ0v) is 21.4. The number of rotatable bonds is 13. The average Bonchev–Trinajstić information content (AvgIpc) is 2.84. The Balaban J connectivity index is 2.08. The molecule has 0 amide bonds. The first kappa shape index (κ1) is 26.7. The molecule has 0 aliphatic heterocycles. The van der Waals surface area contributed by atoms with E-state index in [1.165, 1.54) is 6.07 Å². The molecule has 0 aliphatic carbocycles. The monoisotopic (exact) mass is 489 g/mol. The van der Waals surface area contributed by atoms with Crippen LogP contribution in [-0.2, 0) is 0 Å². The van der Waals surface area contributed by atoms with Gasteiger partial charge in [-0.05, 0) is 43.2 Å². The Labute approximate surface area is 212 Å². The van der Waals surface area contributed by atoms with Gasteiger partial charge in [0.25, 0.3) is 0 Å². The maximum absolute atomic E-state index is 13.2. The van der Waals surface area contributed by atoms with E-state index in [9.17, 15) is 4.79 Å². The molecule has 0 fully saturated rings. The standard InChI is InChI=1S/C30H33O6/c1-8-9-21(6)18-33-23-13-28(35-17-20(4)5)30-24(31)15-26(36-29(30)14-23)22-10-11-25(32-7)27(12-22)34-16-19(2)3/h6,10-15H,2,4,8-9,16-18H2,1,3,5,7H3/q-1. The molecule has 6 heteroatoms. The van der Waals surface area contributed by atoms with E-state index in [2.05, 4.69) is 20.1 Å². The quantitative estimate of drug-likeness (QED) is 0.192. The van der Waals surface area contributed by atoms with Crippen molar-refractivity contribution in [2.45, 2.75) is 33.6 Å². The Kier molecular flexibility index (Phi) is 9.01. The minimum atomic E-state index is -0.244. The van der Waals surface area contributed by atoms with Gasteiger partial charge in [0.15, 0.2) is 16.9 Å². The lowest BCUT2D eigenvalue weighted by atomic mass is 10.1. The van der Waals surface area contributed by atoms with E-state index in [1.54, 1.807) is 37.4 Å². The lowest BCUT2D eigenvalue weighted by molar-refractivity contribution is 0.320. The largest absolute Gasteiger partial charge is 0.511 e. The van der Waals surface area contributed by atoms with E-state index in [1.807, 2.05) is 13.8 Å². The molecule has 0 aliphatic rings. The molecule has 0 unspecified atom stereocenters. The molecule has 0 atom stereocenters. The normalized spacial score (nSPS) is 10.7. The zero-order chi connectivity index (χ0) is 26.2. The highest BCUT2D eigenvalue weighted by molar-refractivity contribution is 5.86. The fourth-order valence-corrected chi connectivity index (χ4v) is 3.48. The number of benzene rings is 2. The summed E-state index contributed by atoms with van der Waals surface area (Å²) in [6, 6.07) is 10.1. The number of ether oxygens (including phenoxy) is 4. The van der Waals surface area contributed by atoms with E-state index < -0.39 is 0 Å². The predicted octanol–water partition coefficient (Wildman–Crippen LogP) is 6.92. The molecule has 0 N–H and O–H groups in total. The van der Waals surface area contributed by atoms with Crippen LogP contribution in [0.4, 0.5) is 0 Å². The van der Waals surface area contributed by atoms with Gasteiger partial charge in [-0.15, -0.1) is 0 Å². The summed E-state index contributed by atoms with van der Waals surface area (Å²) < 4.78 is 29.2. The first-order chi connectivity index (χ1) is 17.2. The SMILES string of the molecule is [CH-]=C(CCC)COc1cc(OCC(=C)C)c2c(=O)cc(-c3ccc(OC)c(OCC(=C)C)c3)oc2c1. The Morgan fingerprint density at radius 1 is 0.917 bits per heavy atom. The molecule has 190 valence electrons. The molecule has 3 rings (SSSR count). The second-order valence-electron chi connectivity index (χ2n) is 8.82. The summed E-state index contributed by atoms with van der Waals surface area (Å²) >= 11 is 0. The molecule has 2 aromatic carbocycles. The van der Waals surface area contributed by atoms with E-state index in [-0.39, 0.29) is 18.6 Å². The van der Waals surface area contributed by atoms with Crippen molar-refractivity contribution in [3.8, 4) is 34.3 Å². The van der Waals surface area contributed by atoms with E-state index >= 15 is 0 Å². The van der Waals surface area contributed by atoms with Gasteiger partial charge in [-0.25, -0.2) is 5.57 Å². The van der Waals surface area contributed by atoms with Crippen molar-refractivity contribution in [3.63, 3.8) is 0 Å². The third kappa shape index (κ3) is 6.81. The van der Waals surface area contributed by atoms with E-state index in [0.717, 1.165) is 29.6 Å². The maximum Gasteiger partial charge on any atom is 0.197 e. The zero-order valence-electron chi connectivity index (χ0n) is 21.4. The van der Waals surface area contributed by atoms with Crippen LogP contribution in [0.1, 0.15) is 33.6 Å². The summed E-state index contributed by atoms with van der Waals surface area (Å²) in [5.41, 5.74) is 3.16. The van der Waals surface area contributed by atoms with Gasteiger partial charge in [0.1, 0.15) is 41.4 Å². The van der Waals surface area contributed by atoms with Crippen LogP contribution in [0.15, 0.2) is 75.5 Å². The van der Waals surface area contributed by atoms with Gasteiger partial charge in [0.05, 0.1) is 13.7 Å². The highest BCUT2D eigenvalue weighted by Crippen LogP contribution is 2.36. The van der Waals surface area contributed by atoms with Gasteiger partial charge in [0.2, 0.25) is 0 Å². The lowest BCUT2D eigenvalue weighted by Crippen LogP contribution is -2.07. The van der Waals surface area contributed by atoms with Crippen LogP contribution >= 0.6 is 0 Å². The Bertz CT molecular complexity index is 1330. The summed E-state index contributed by atoms with van der Waals surface area (Å²) in [6.45, 7) is 20.4. The highest BCUT2D eigenvalue weighted by atomic mass is 16.5. The Hall–Kier alpha value is -3.93. The second kappa shape index (κ2) is 12.2. The Morgan fingerprint density at radius 2 is 1.61 bits per heavy atom. The van der Waals surface area contributed by atoms with Gasteiger partial charge in [0, 0.05) is 23.8 Å². The molecule has 0 radical (unpaired) electrons.